The van der Waals surface area contributed by atoms with Crippen molar-refractivity contribution in [3.63, 3.8) is 0 Å². The number of allylic oxidation sites excluding steroid dienone is 37. The van der Waals surface area contributed by atoms with Gasteiger partial charge in [0.05, 0.1) is 32.8 Å². The van der Waals surface area contributed by atoms with Crippen LogP contribution in [0.25, 0.3) is 0 Å². The molecule has 0 aromatic rings. The first-order valence-corrected chi connectivity index (χ1v) is 41.6. The molecule has 5 unspecified atom stereocenters. The Morgan fingerprint density at radius 1 is 0.274 bits per heavy atom. The molecule has 106 heavy (non-hydrogen) atoms. The molecule has 0 saturated heterocycles. The number of esters is 4. The Bertz CT molecular complexity index is 2930. The number of hydrogen-bond acceptors (Lipinski definition) is 15. The maximum Gasteiger partial charge on any atom is 0.472 e. The lowest BCUT2D eigenvalue weighted by Gasteiger charge is -2.21. The lowest BCUT2D eigenvalue weighted by molar-refractivity contribution is -0.161. The number of rotatable bonds is 69. The van der Waals surface area contributed by atoms with Gasteiger partial charge in [0.15, 0.2) is 12.2 Å². The van der Waals surface area contributed by atoms with E-state index in [9.17, 15) is 43.2 Å². The van der Waals surface area contributed by atoms with Crippen LogP contribution in [-0.2, 0) is 65.4 Å². The van der Waals surface area contributed by atoms with Gasteiger partial charge in [-0.3, -0.25) is 37.3 Å². The third-order valence-electron chi connectivity index (χ3n) is 14.6. The van der Waals surface area contributed by atoms with Gasteiger partial charge in [-0.2, -0.15) is 0 Å². The summed E-state index contributed by atoms with van der Waals surface area (Å²) in [5.74, 6) is -2.51. The molecule has 5 atom stereocenters. The summed E-state index contributed by atoms with van der Waals surface area (Å²) in [6.07, 6.45) is 98.0. The van der Waals surface area contributed by atoms with Crippen LogP contribution in [0.5, 0.6) is 0 Å². The van der Waals surface area contributed by atoms with Gasteiger partial charge in [0.2, 0.25) is 0 Å². The van der Waals surface area contributed by atoms with E-state index in [4.69, 9.17) is 37.0 Å². The standard InChI is InChI=1S/C87H132O17P2/c1-5-9-13-17-21-25-29-33-37-39-40-42-46-48-52-56-60-64-68-72-85(90)98-78-83(104-87(92)74-70-66-62-58-54-50-44-36-32-28-24-20-16-12-8-4)80-102-106(95,96)100-76-81(88)75-99-105(93,94)101-79-82(103-86(91)73-69-65-61-57-53-49-43-35-31-27-23-19-15-11-7-3)77-97-84(89)71-67-63-59-55-51-47-45-41-38-34-30-26-22-18-14-10-6-2/h9-16,21-28,33-38,40,42-45,47-48,52-55,57-59,66,70,81-83,88H,5-8,17-20,29-32,39,41,46,49-51,56,60-65,67-69,71-80H2,1-4H3,(H,93,94)(H,95,96)/b13-9-,14-10-,15-11-,16-12-,25-21-,26-22-,27-23-,28-24-,37-33-,38-34-,42-40-,43-35-,44-36-,47-45-,52-48-,57-53-,58-54-,59-55-,70-66-. The van der Waals surface area contributed by atoms with E-state index in [1.54, 1.807) is 12.2 Å². The summed E-state index contributed by atoms with van der Waals surface area (Å²) in [6.45, 7) is 4.08. The van der Waals surface area contributed by atoms with E-state index in [1.165, 1.54) is 0 Å². The van der Waals surface area contributed by atoms with Crippen LogP contribution in [0.2, 0.25) is 0 Å². The SMILES string of the molecule is CC/C=C\C/C=C\C/C=C\C/C=C\C/C=C\CCCCCC(=O)OCC(COP(=O)(O)OCC(O)COP(=O)(O)OCC(COC(=O)CCC/C=C\C/C=C\C/C=C\C/C=C\C/C=C\CC)OC(=O)CCCC/C=C\C/C=C\C/C=C\C/C=C\CC)OC(=O)C/C=C\C/C=C\C/C=C\C/C=C\C/C=C\CC. The molecule has 0 heterocycles. The van der Waals surface area contributed by atoms with Crippen LogP contribution in [0.15, 0.2) is 231 Å². The van der Waals surface area contributed by atoms with Crippen molar-refractivity contribution >= 4 is 39.5 Å². The molecule has 0 aliphatic rings. The zero-order chi connectivity index (χ0) is 77.4. The summed E-state index contributed by atoms with van der Waals surface area (Å²) in [5, 5.41) is 10.6. The maximum absolute atomic E-state index is 13.1. The number of ether oxygens (including phenoxy) is 4. The van der Waals surface area contributed by atoms with Gasteiger partial charge in [-0.15, -0.1) is 0 Å². The highest BCUT2D eigenvalue weighted by Crippen LogP contribution is 2.45. The van der Waals surface area contributed by atoms with Crippen LogP contribution in [0.3, 0.4) is 0 Å². The van der Waals surface area contributed by atoms with Crippen molar-refractivity contribution in [2.24, 2.45) is 0 Å². The van der Waals surface area contributed by atoms with Gasteiger partial charge in [-0.1, -0.05) is 265 Å². The summed E-state index contributed by atoms with van der Waals surface area (Å²) in [7, 11) is -10.1. The van der Waals surface area contributed by atoms with Gasteiger partial charge < -0.3 is 33.8 Å². The first-order valence-electron chi connectivity index (χ1n) is 38.6. The number of hydrogen-bond donors (Lipinski definition) is 3. The minimum atomic E-state index is -5.03. The predicted molar refractivity (Wildman–Crippen MR) is 435 cm³/mol. The molecule has 19 heteroatoms. The van der Waals surface area contributed by atoms with E-state index >= 15 is 0 Å². The number of phosphoric ester groups is 2. The Morgan fingerprint density at radius 3 is 0.830 bits per heavy atom. The van der Waals surface area contributed by atoms with Crippen molar-refractivity contribution in [2.75, 3.05) is 39.6 Å². The topological polar surface area (TPSA) is 237 Å². The molecule has 0 amide bonds. The molecule has 0 radical (unpaired) electrons. The number of carbonyl (C=O) groups is 4. The fraction of sp³-hybridized carbons (Fsp3) is 0.517. The van der Waals surface area contributed by atoms with Crippen molar-refractivity contribution in [1.82, 2.24) is 0 Å². The van der Waals surface area contributed by atoms with E-state index in [1.807, 2.05) is 30.4 Å². The number of aliphatic hydroxyl groups is 1. The van der Waals surface area contributed by atoms with E-state index < -0.39 is 97.5 Å². The monoisotopic (exact) mass is 1510 g/mol. The molecular weight excluding hydrogens is 1380 g/mol. The van der Waals surface area contributed by atoms with Crippen molar-refractivity contribution in [3.05, 3.63) is 231 Å². The average molecular weight is 1510 g/mol. The lowest BCUT2D eigenvalue weighted by atomic mass is 10.1. The number of unbranched alkanes of at least 4 members (excludes halogenated alkanes) is 6. The molecule has 0 rings (SSSR count). The summed E-state index contributed by atoms with van der Waals surface area (Å²) in [6, 6.07) is 0. The molecule has 0 aliphatic carbocycles. The van der Waals surface area contributed by atoms with Crippen LogP contribution >= 0.6 is 15.6 Å². The third kappa shape index (κ3) is 75.4. The van der Waals surface area contributed by atoms with Crippen LogP contribution in [-0.4, -0.2) is 96.7 Å². The van der Waals surface area contributed by atoms with E-state index in [0.29, 0.717) is 38.5 Å². The van der Waals surface area contributed by atoms with Gasteiger partial charge in [-0.05, 0) is 173 Å². The molecule has 0 saturated carbocycles. The smallest absolute Gasteiger partial charge is 0.462 e. The van der Waals surface area contributed by atoms with Gasteiger partial charge in [0, 0.05) is 19.3 Å². The zero-order valence-corrected chi connectivity index (χ0v) is 66.3. The highest BCUT2D eigenvalue weighted by Gasteiger charge is 2.30. The summed E-state index contributed by atoms with van der Waals surface area (Å²) in [4.78, 5) is 72.9. The second kappa shape index (κ2) is 76.3. The molecule has 592 valence electrons. The molecular formula is C87H132O17P2. The summed E-state index contributed by atoms with van der Waals surface area (Å²) >= 11 is 0. The van der Waals surface area contributed by atoms with Gasteiger partial charge in [-0.25, -0.2) is 9.13 Å². The van der Waals surface area contributed by atoms with Crippen LogP contribution in [0, 0.1) is 0 Å². The number of phosphoric acid groups is 2. The van der Waals surface area contributed by atoms with Crippen molar-refractivity contribution in [2.45, 2.75) is 251 Å². The Balaban J connectivity index is 5.58. The highest BCUT2D eigenvalue weighted by atomic mass is 31.2. The molecule has 0 fully saturated rings. The molecule has 3 N–H and O–H groups in total. The van der Waals surface area contributed by atoms with Gasteiger partial charge in [0.25, 0.3) is 0 Å². The molecule has 0 aromatic carbocycles. The van der Waals surface area contributed by atoms with Crippen molar-refractivity contribution in [1.29, 1.82) is 0 Å². The number of aliphatic hydroxyl groups excluding tert-OH is 1. The summed E-state index contributed by atoms with van der Waals surface area (Å²) in [5.41, 5.74) is 0. The molecule has 0 spiro atoms. The Kier molecular flexibility index (Phi) is 71.4. The van der Waals surface area contributed by atoms with E-state index in [-0.39, 0.29) is 25.7 Å². The van der Waals surface area contributed by atoms with Gasteiger partial charge >= 0.3 is 39.5 Å². The second-order valence-electron chi connectivity index (χ2n) is 24.4. The highest BCUT2D eigenvalue weighted by molar-refractivity contribution is 7.47. The molecule has 17 nitrogen and oxygen atoms in total. The van der Waals surface area contributed by atoms with Gasteiger partial charge in [0.1, 0.15) is 19.3 Å². The minimum Gasteiger partial charge on any atom is -0.462 e. The van der Waals surface area contributed by atoms with Crippen LogP contribution in [0.1, 0.15) is 233 Å². The quantitative estimate of drug-likeness (QED) is 0.0169. The zero-order valence-electron chi connectivity index (χ0n) is 64.5. The van der Waals surface area contributed by atoms with Crippen LogP contribution < -0.4 is 0 Å². The van der Waals surface area contributed by atoms with E-state index in [0.717, 1.165) is 141 Å². The first kappa shape index (κ1) is 99.1. The Morgan fingerprint density at radius 2 is 0.509 bits per heavy atom. The largest absolute Gasteiger partial charge is 0.472 e. The molecule has 0 aromatic heterocycles. The minimum absolute atomic E-state index is 0.0164. The summed E-state index contributed by atoms with van der Waals surface area (Å²) < 4.78 is 68.3. The Hall–Kier alpha value is -6.88. The fourth-order valence-electron chi connectivity index (χ4n) is 8.93. The third-order valence-corrected chi connectivity index (χ3v) is 16.5. The fourth-order valence-corrected chi connectivity index (χ4v) is 10.5. The molecule has 0 aliphatic heterocycles. The van der Waals surface area contributed by atoms with Crippen molar-refractivity contribution < 1.29 is 80.2 Å². The maximum atomic E-state index is 13.1. The predicted octanol–water partition coefficient (Wildman–Crippen LogP) is 22.7. The second-order valence-corrected chi connectivity index (χ2v) is 27.3. The average Bonchev–Trinajstić information content (AvgIpc) is 0.909. The lowest BCUT2D eigenvalue weighted by Crippen LogP contribution is -2.30. The van der Waals surface area contributed by atoms with Crippen LogP contribution in [0.4, 0.5) is 0 Å². The normalized spacial score (nSPS) is 15.1. The number of carbonyl (C=O) groups excluding carboxylic acids is 4. The van der Waals surface area contributed by atoms with E-state index in [2.05, 4.69) is 216 Å². The van der Waals surface area contributed by atoms with Crippen molar-refractivity contribution in [3.8, 4) is 0 Å². The molecule has 0 bridgehead atoms. The Labute approximate surface area is 638 Å². The first-order chi connectivity index (χ1) is 51.7.